The standard InChI is InChI=1S/C25H29N3O.2C2HF3O2/c1-17-15-21(3-5-23(17)19-7-11-26-12-8-19)25(29)28-22-4-6-24(18(2)16-22)20-9-13-27-14-10-20;2*3-2(4,5)1(6)7/h3-7,9,15-16,26-27H,8,10-14H2,1-2H3,(H,28,29);2*(H,6,7). The Bertz CT molecular complexity index is 1360. The van der Waals surface area contributed by atoms with Gasteiger partial charge in [-0.2, -0.15) is 26.3 Å². The fourth-order valence-electron chi connectivity index (χ4n) is 4.20. The first-order chi connectivity index (χ1) is 20.0. The van der Waals surface area contributed by atoms with Crippen molar-refractivity contribution in [2.24, 2.45) is 0 Å². The maximum Gasteiger partial charge on any atom is 0.490 e. The Kier molecular flexibility index (Phi) is 12.5. The highest BCUT2D eigenvalue weighted by Crippen LogP contribution is 2.27. The van der Waals surface area contributed by atoms with Crippen LogP contribution in [0.2, 0.25) is 0 Å². The van der Waals surface area contributed by atoms with E-state index in [2.05, 4.69) is 60.1 Å². The van der Waals surface area contributed by atoms with Crippen molar-refractivity contribution < 1.29 is 50.9 Å². The van der Waals surface area contributed by atoms with Crippen molar-refractivity contribution in [3.63, 3.8) is 0 Å². The monoisotopic (exact) mass is 615 g/mol. The summed E-state index contributed by atoms with van der Waals surface area (Å²) in [6.07, 6.45) is -3.59. The Labute approximate surface area is 243 Å². The molecule has 2 aromatic rings. The minimum atomic E-state index is -5.08. The first-order valence-electron chi connectivity index (χ1n) is 12.9. The molecule has 0 radical (unpaired) electrons. The highest BCUT2D eigenvalue weighted by Gasteiger charge is 2.38. The fraction of sp³-hybridized carbons (Fsp3) is 0.345. The van der Waals surface area contributed by atoms with Gasteiger partial charge in [0.1, 0.15) is 0 Å². The third-order valence-electron chi connectivity index (χ3n) is 6.28. The van der Waals surface area contributed by atoms with E-state index in [4.69, 9.17) is 19.8 Å². The van der Waals surface area contributed by atoms with Crippen molar-refractivity contribution in [3.05, 3.63) is 76.4 Å². The van der Waals surface area contributed by atoms with E-state index in [-0.39, 0.29) is 5.91 Å². The number of carbonyl (C=O) groups is 3. The van der Waals surface area contributed by atoms with Gasteiger partial charge in [-0.25, -0.2) is 9.59 Å². The van der Waals surface area contributed by atoms with Gasteiger partial charge in [0.15, 0.2) is 0 Å². The molecule has 0 spiro atoms. The van der Waals surface area contributed by atoms with Gasteiger partial charge in [0.05, 0.1) is 0 Å². The molecular weight excluding hydrogens is 584 g/mol. The lowest BCUT2D eigenvalue weighted by Gasteiger charge is -2.18. The van der Waals surface area contributed by atoms with E-state index in [9.17, 15) is 31.1 Å². The van der Waals surface area contributed by atoms with Crippen LogP contribution in [-0.2, 0) is 9.59 Å². The van der Waals surface area contributed by atoms with E-state index < -0.39 is 24.3 Å². The Morgan fingerprint density at radius 1 is 0.721 bits per heavy atom. The highest BCUT2D eigenvalue weighted by molar-refractivity contribution is 6.04. The molecule has 2 aliphatic heterocycles. The van der Waals surface area contributed by atoms with Crippen LogP contribution in [0.25, 0.3) is 11.1 Å². The van der Waals surface area contributed by atoms with Gasteiger partial charge in [-0.05, 0) is 97.4 Å². The topological polar surface area (TPSA) is 128 Å². The molecule has 14 heteroatoms. The van der Waals surface area contributed by atoms with Crippen molar-refractivity contribution in [1.29, 1.82) is 0 Å². The molecule has 0 unspecified atom stereocenters. The van der Waals surface area contributed by atoms with Gasteiger partial charge < -0.3 is 26.2 Å². The second-order valence-corrected chi connectivity index (χ2v) is 9.49. The molecule has 1 amide bonds. The molecule has 43 heavy (non-hydrogen) atoms. The van der Waals surface area contributed by atoms with Gasteiger partial charge in [0.2, 0.25) is 0 Å². The summed E-state index contributed by atoms with van der Waals surface area (Å²) in [5, 5.41) is 24.0. The van der Waals surface area contributed by atoms with Crippen LogP contribution >= 0.6 is 0 Å². The number of hydrogen-bond donors (Lipinski definition) is 5. The summed E-state index contributed by atoms with van der Waals surface area (Å²) in [5.74, 6) is -5.58. The van der Waals surface area contributed by atoms with E-state index in [1.165, 1.54) is 27.8 Å². The number of aliphatic carboxylic acids is 2. The zero-order valence-electron chi connectivity index (χ0n) is 23.2. The lowest BCUT2D eigenvalue weighted by Crippen LogP contribution is -2.21. The molecule has 2 heterocycles. The average Bonchev–Trinajstić information content (AvgIpc) is 2.93. The van der Waals surface area contributed by atoms with E-state index in [0.717, 1.165) is 50.3 Å². The average molecular weight is 616 g/mol. The number of anilines is 1. The Hall–Kier alpha value is -4.17. The zero-order valence-corrected chi connectivity index (χ0v) is 23.2. The van der Waals surface area contributed by atoms with Crippen molar-refractivity contribution >= 4 is 34.7 Å². The molecule has 0 fully saturated rings. The molecule has 0 bridgehead atoms. The third kappa shape index (κ3) is 11.2. The summed E-state index contributed by atoms with van der Waals surface area (Å²) in [4.78, 5) is 30.6. The summed E-state index contributed by atoms with van der Waals surface area (Å²) >= 11 is 0. The van der Waals surface area contributed by atoms with Crippen LogP contribution in [0.4, 0.5) is 32.0 Å². The van der Waals surface area contributed by atoms with Crippen molar-refractivity contribution in [2.45, 2.75) is 39.0 Å². The molecule has 0 aromatic heterocycles. The van der Waals surface area contributed by atoms with Crippen LogP contribution in [0.15, 0.2) is 48.6 Å². The first-order valence-corrected chi connectivity index (χ1v) is 12.9. The quantitative estimate of drug-likeness (QED) is 0.285. The van der Waals surface area contributed by atoms with E-state index in [1.807, 2.05) is 18.2 Å². The molecule has 0 saturated carbocycles. The van der Waals surface area contributed by atoms with E-state index in [1.54, 1.807) is 0 Å². The van der Waals surface area contributed by atoms with Crippen molar-refractivity contribution in [2.75, 3.05) is 31.5 Å². The second kappa shape index (κ2) is 15.3. The molecule has 2 aromatic carbocycles. The molecule has 8 nitrogen and oxygen atoms in total. The number of benzene rings is 2. The van der Waals surface area contributed by atoms with E-state index >= 15 is 0 Å². The summed E-state index contributed by atoms with van der Waals surface area (Å²) in [6.45, 7) is 8.07. The minimum Gasteiger partial charge on any atom is -0.475 e. The second-order valence-electron chi connectivity index (χ2n) is 9.49. The number of carboxylic acid groups (broad SMARTS) is 2. The Balaban J connectivity index is 0.000000384. The number of aryl methyl sites for hydroxylation is 2. The van der Waals surface area contributed by atoms with Gasteiger partial charge in [-0.15, -0.1) is 0 Å². The van der Waals surface area contributed by atoms with Crippen LogP contribution in [0.1, 0.15) is 45.5 Å². The first kappa shape index (κ1) is 35.0. The number of halogens is 6. The highest BCUT2D eigenvalue weighted by atomic mass is 19.4. The van der Waals surface area contributed by atoms with Gasteiger partial charge in [0.25, 0.3) is 5.91 Å². The number of carboxylic acids is 2. The predicted molar refractivity (Wildman–Crippen MR) is 149 cm³/mol. The Morgan fingerprint density at radius 3 is 1.49 bits per heavy atom. The number of amides is 1. The van der Waals surface area contributed by atoms with E-state index in [0.29, 0.717) is 5.56 Å². The molecule has 234 valence electrons. The number of carbonyl (C=O) groups excluding carboxylic acids is 1. The van der Waals surface area contributed by atoms with Gasteiger partial charge in [-0.3, -0.25) is 4.79 Å². The lowest BCUT2D eigenvalue weighted by molar-refractivity contribution is -0.193. The molecule has 2 aliphatic rings. The summed E-state index contributed by atoms with van der Waals surface area (Å²) < 4.78 is 63.5. The fourth-order valence-corrected chi connectivity index (χ4v) is 4.20. The van der Waals surface area contributed by atoms with Crippen molar-refractivity contribution in [1.82, 2.24) is 10.6 Å². The Morgan fingerprint density at radius 2 is 1.14 bits per heavy atom. The van der Waals surface area contributed by atoms with Crippen LogP contribution in [0, 0.1) is 13.8 Å². The number of hydrogen-bond acceptors (Lipinski definition) is 5. The maximum atomic E-state index is 12.8. The molecule has 0 atom stereocenters. The van der Waals surface area contributed by atoms with Gasteiger partial charge >= 0.3 is 24.3 Å². The summed E-state index contributed by atoms with van der Waals surface area (Å²) in [7, 11) is 0. The largest absolute Gasteiger partial charge is 0.490 e. The van der Waals surface area contributed by atoms with Crippen LogP contribution < -0.4 is 16.0 Å². The molecule has 4 rings (SSSR count). The number of rotatable bonds is 4. The SMILES string of the molecule is Cc1cc(NC(=O)c2ccc(C3=CCNCC3)c(C)c2)ccc1C1=CCNCC1.O=C(O)C(F)(F)F.O=C(O)C(F)(F)F. The predicted octanol–water partition coefficient (Wildman–Crippen LogP) is 5.58. The van der Waals surface area contributed by atoms with Crippen molar-refractivity contribution in [3.8, 4) is 0 Å². The normalized spacial score (nSPS) is 15.0. The lowest BCUT2D eigenvalue weighted by atomic mass is 9.94. The van der Waals surface area contributed by atoms with Crippen LogP contribution in [0.5, 0.6) is 0 Å². The summed E-state index contributed by atoms with van der Waals surface area (Å²) in [6, 6.07) is 12.2. The smallest absolute Gasteiger partial charge is 0.475 e. The van der Waals surface area contributed by atoms with Gasteiger partial charge in [-0.1, -0.05) is 24.3 Å². The summed E-state index contributed by atoms with van der Waals surface area (Å²) in [5.41, 5.74) is 9.16. The van der Waals surface area contributed by atoms with Gasteiger partial charge in [0, 0.05) is 24.3 Å². The van der Waals surface area contributed by atoms with Crippen LogP contribution in [0.3, 0.4) is 0 Å². The van der Waals surface area contributed by atoms with Crippen LogP contribution in [-0.4, -0.2) is 66.6 Å². The maximum absolute atomic E-state index is 12.8. The number of nitrogens with one attached hydrogen (secondary N) is 3. The minimum absolute atomic E-state index is 0.0628. The number of alkyl halides is 6. The molecule has 0 saturated heterocycles. The molecule has 5 N–H and O–H groups in total. The molecule has 0 aliphatic carbocycles. The molecular formula is C29H31F6N3O5. The third-order valence-corrected chi connectivity index (χ3v) is 6.28. The zero-order chi connectivity index (χ0) is 32.4.